The van der Waals surface area contributed by atoms with Gasteiger partial charge < -0.3 is 20.1 Å². The minimum absolute atomic E-state index is 0.00857. The number of aromatic nitrogens is 2. The molecule has 0 amide bonds. The van der Waals surface area contributed by atoms with E-state index < -0.39 is 22.1 Å². The first-order valence-corrected chi connectivity index (χ1v) is 11.9. The highest BCUT2D eigenvalue weighted by Gasteiger charge is 2.22. The molecule has 1 heterocycles. The fourth-order valence-corrected chi connectivity index (χ4v) is 4.37. The zero-order valence-corrected chi connectivity index (χ0v) is 19.3. The van der Waals surface area contributed by atoms with E-state index in [0.717, 1.165) is 0 Å². The summed E-state index contributed by atoms with van der Waals surface area (Å²) in [6, 6.07) is 14.8. The molecule has 0 fully saturated rings. The monoisotopic (exact) mass is 472 g/mol. The largest absolute Gasteiger partial charge is 0.476 e. The standard InChI is InChI=1S/C23H28N4O5S/c1-23(2,12-13-27-15-20(22(29)30)24-16-27)25-14-21(28)18-10-6-7-11-19(18)26-33(31,32)17-8-4-3-5-9-17/h3-11,15-16,21,25-26,28H,12-14H2,1-2H3,(H,29,30). The van der Waals surface area contributed by atoms with Gasteiger partial charge in [0.15, 0.2) is 5.69 Å². The number of imidazole rings is 1. The van der Waals surface area contributed by atoms with Crippen molar-refractivity contribution in [2.75, 3.05) is 11.3 Å². The molecule has 0 saturated heterocycles. The van der Waals surface area contributed by atoms with Gasteiger partial charge in [-0.25, -0.2) is 18.2 Å². The summed E-state index contributed by atoms with van der Waals surface area (Å²) >= 11 is 0. The van der Waals surface area contributed by atoms with E-state index >= 15 is 0 Å². The van der Waals surface area contributed by atoms with E-state index in [-0.39, 0.29) is 22.7 Å². The summed E-state index contributed by atoms with van der Waals surface area (Å²) in [5.74, 6) is -1.07. The summed E-state index contributed by atoms with van der Waals surface area (Å²) in [5.41, 5.74) is 0.382. The molecule has 1 atom stereocenters. The maximum absolute atomic E-state index is 12.7. The van der Waals surface area contributed by atoms with Crippen LogP contribution < -0.4 is 10.0 Å². The smallest absolute Gasteiger partial charge is 0.356 e. The molecule has 9 nitrogen and oxygen atoms in total. The number of benzene rings is 2. The number of aliphatic hydroxyl groups excluding tert-OH is 1. The first kappa shape index (κ1) is 24.4. The lowest BCUT2D eigenvalue weighted by Gasteiger charge is -2.28. The Morgan fingerprint density at radius 3 is 2.45 bits per heavy atom. The molecule has 3 rings (SSSR count). The van der Waals surface area contributed by atoms with E-state index in [1.165, 1.54) is 24.7 Å². The molecule has 0 aliphatic rings. The lowest BCUT2D eigenvalue weighted by Crippen LogP contribution is -2.42. The number of anilines is 1. The van der Waals surface area contributed by atoms with Gasteiger partial charge in [-0.1, -0.05) is 36.4 Å². The topological polar surface area (TPSA) is 134 Å². The summed E-state index contributed by atoms with van der Waals surface area (Å²) in [5, 5.41) is 23.1. The third kappa shape index (κ3) is 6.64. The molecule has 1 aromatic heterocycles. The Hall–Kier alpha value is -3.21. The molecular formula is C23H28N4O5S. The molecule has 4 N–H and O–H groups in total. The quantitative estimate of drug-likeness (QED) is 0.337. The molecule has 0 aliphatic carbocycles. The molecule has 2 aromatic carbocycles. The Morgan fingerprint density at radius 1 is 1.12 bits per heavy atom. The Labute approximate surface area is 193 Å². The van der Waals surface area contributed by atoms with Gasteiger partial charge in [-0.3, -0.25) is 4.72 Å². The number of carboxylic acid groups (broad SMARTS) is 1. The van der Waals surface area contributed by atoms with Crippen molar-refractivity contribution in [1.29, 1.82) is 0 Å². The minimum Gasteiger partial charge on any atom is -0.476 e. The molecule has 0 bridgehead atoms. The predicted octanol–water partition coefficient (Wildman–Crippen LogP) is 2.87. The number of sulfonamides is 1. The van der Waals surface area contributed by atoms with Crippen LogP contribution in [0.15, 0.2) is 72.0 Å². The van der Waals surface area contributed by atoms with Crippen molar-refractivity contribution in [3.63, 3.8) is 0 Å². The molecule has 33 heavy (non-hydrogen) atoms. The molecule has 0 saturated carbocycles. The minimum atomic E-state index is -3.79. The van der Waals surface area contributed by atoms with Gasteiger partial charge in [0.2, 0.25) is 0 Å². The van der Waals surface area contributed by atoms with Crippen molar-refractivity contribution in [1.82, 2.24) is 14.9 Å². The Bertz CT molecular complexity index is 1190. The number of hydrogen-bond donors (Lipinski definition) is 4. The highest BCUT2D eigenvalue weighted by atomic mass is 32.2. The van der Waals surface area contributed by atoms with Crippen LogP contribution in [0.1, 0.15) is 42.4 Å². The fraction of sp³-hybridized carbons (Fsp3) is 0.304. The number of nitrogens with zero attached hydrogens (tertiary/aromatic N) is 2. The van der Waals surface area contributed by atoms with Gasteiger partial charge in [0.05, 0.1) is 23.0 Å². The number of aromatic carboxylic acids is 1. The molecule has 10 heteroatoms. The van der Waals surface area contributed by atoms with Crippen LogP contribution in [-0.4, -0.2) is 46.2 Å². The first-order chi connectivity index (χ1) is 15.6. The summed E-state index contributed by atoms with van der Waals surface area (Å²) in [4.78, 5) is 14.9. The second-order valence-corrected chi connectivity index (χ2v) is 10.0. The normalized spacial score (nSPS) is 12.9. The Balaban J connectivity index is 1.63. The summed E-state index contributed by atoms with van der Waals surface area (Å²) < 4.78 is 29.7. The van der Waals surface area contributed by atoms with E-state index in [4.69, 9.17) is 5.11 Å². The highest BCUT2D eigenvalue weighted by Crippen LogP contribution is 2.26. The van der Waals surface area contributed by atoms with Gasteiger partial charge in [0.1, 0.15) is 0 Å². The van der Waals surface area contributed by atoms with Gasteiger partial charge >= 0.3 is 5.97 Å². The molecule has 0 spiro atoms. The van der Waals surface area contributed by atoms with Gasteiger partial charge in [-0.15, -0.1) is 0 Å². The SMILES string of the molecule is CC(C)(CCn1cnc(C(=O)O)c1)NCC(O)c1ccccc1NS(=O)(=O)c1ccccc1. The average molecular weight is 473 g/mol. The number of para-hydroxylation sites is 1. The van der Waals surface area contributed by atoms with Gasteiger partial charge in [-0.2, -0.15) is 0 Å². The number of hydrogen-bond acceptors (Lipinski definition) is 6. The Morgan fingerprint density at radius 2 is 1.79 bits per heavy atom. The van der Waals surface area contributed by atoms with E-state index in [2.05, 4.69) is 15.0 Å². The molecular weight excluding hydrogens is 444 g/mol. The lowest BCUT2D eigenvalue weighted by molar-refractivity contribution is 0.0691. The van der Waals surface area contributed by atoms with Crippen LogP contribution in [0.5, 0.6) is 0 Å². The van der Waals surface area contributed by atoms with Gasteiger partial charge in [-0.05, 0) is 38.5 Å². The van der Waals surface area contributed by atoms with Crippen LogP contribution in [-0.2, 0) is 16.6 Å². The number of nitrogens with one attached hydrogen (secondary N) is 2. The van der Waals surface area contributed by atoms with Crippen LogP contribution >= 0.6 is 0 Å². The number of aryl methyl sites for hydroxylation is 1. The number of carbonyl (C=O) groups is 1. The van der Waals surface area contributed by atoms with E-state index in [9.17, 15) is 18.3 Å². The predicted molar refractivity (Wildman–Crippen MR) is 125 cm³/mol. The van der Waals surface area contributed by atoms with Crippen LogP contribution in [0.4, 0.5) is 5.69 Å². The average Bonchev–Trinajstić information content (AvgIpc) is 3.27. The number of carboxylic acids is 1. The molecule has 0 radical (unpaired) electrons. The van der Waals surface area contributed by atoms with Crippen molar-refractivity contribution in [2.45, 2.75) is 43.4 Å². The summed E-state index contributed by atoms with van der Waals surface area (Å²) in [7, 11) is -3.79. The maximum atomic E-state index is 12.7. The second kappa shape index (κ2) is 10.2. The zero-order valence-electron chi connectivity index (χ0n) is 18.5. The van der Waals surface area contributed by atoms with E-state index in [1.54, 1.807) is 47.0 Å². The van der Waals surface area contributed by atoms with Crippen molar-refractivity contribution in [3.05, 3.63) is 78.4 Å². The number of aliphatic hydroxyl groups is 1. The van der Waals surface area contributed by atoms with Crippen molar-refractivity contribution >= 4 is 21.7 Å². The van der Waals surface area contributed by atoms with Crippen LogP contribution in [0.25, 0.3) is 0 Å². The zero-order chi connectivity index (χ0) is 24.1. The molecule has 1 unspecified atom stereocenters. The number of β-amino-alcohol motifs (C(OH)–C–C–N with tert-alkyl or cyclic N) is 1. The lowest BCUT2D eigenvalue weighted by atomic mass is 9.99. The summed E-state index contributed by atoms with van der Waals surface area (Å²) in [6.45, 7) is 4.68. The van der Waals surface area contributed by atoms with Crippen LogP contribution in [0.2, 0.25) is 0 Å². The van der Waals surface area contributed by atoms with Gasteiger partial charge in [0.25, 0.3) is 10.0 Å². The van der Waals surface area contributed by atoms with Crippen molar-refractivity contribution < 1.29 is 23.4 Å². The van der Waals surface area contributed by atoms with Crippen molar-refractivity contribution in [2.24, 2.45) is 0 Å². The second-order valence-electron chi connectivity index (χ2n) is 8.34. The first-order valence-electron chi connectivity index (χ1n) is 10.4. The number of rotatable bonds is 11. The van der Waals surface area contributed by atoms with Crippen molar-refractivity contribution in [3.8, 4) is 0 Å². The molecule has 0 aliphatic heterocycles. The maximum Gasteiger partial charge on any atom is 0.356 e. The third-order valence-corrected chi connectivity index (χ3v) is 6.62. The van der Waals surface area contributed by atoms with Gasteiger partial charge in [0, 0.05) is 30.4 Å². The Kier molecular flexibility index (Phi) is 7.52. The summed E-state index contributed by atoms with van der Waals surface area (Å²) in [6.07, 6.45) is 2.65. The van der Waals surface area contributed by atoms with E-state index in [1.807, 2.05) is 13.8 Å². The third-order valence-electron chi connectivity index (χ3n) is 5.24. The van der Waals surface area contributed by atoms with Crippen LogP contribution in [0, 0.1) is 0 Å². The van der Waals surface area contributed by atoms with E-state index in [0.29, 0.717) is 24.2 Å². The van der Waals surface area contributed by atoms with Crippen LogP contribution in [0.3, 0.4) is 0 Å². The molecule has 3 aromatic rings. The fourth-order valence-electron chi connectivity index (χ4n) is 3.26. The highest BCUT2D eigenvalue weighted by molar-refractivity contribution is 7.92. The molecule has 176 valence electrons.